The van der Waals surface area contributed by atoms with Gasteiger partial charge in [0.1, 0.15) is 13.0 Å². The van der Waals surface area contributed by atoms with E-state index in [2.05, 4.69) is 63.5 Å². The smallest absolute Gasteiger partial charge is 0.151 e. The molecule has 5 heteroatoms. The van der Waals surface area contributed by atoms with Gasteiger partial charge in [-0.25, -0.2) is 9.99 Å². The van der Waals surface area contributed by atoms with Crippen LogP contribution in [0.4, 0.5) is 5.82 Å². The highest BCUT2D eigenvalue weighted by molar-refractivity contribution is 6.03. The van der Waals surface area contributed by atoms with Crippen LogP contribution in [-0.4, -0.2) is 27.9 Å². The lowest BCUT2D eigenvalue weighted by Gasteiger charge is -2.18. The van der Waals surface area contributed by atoms with Gasteiger partial charge in [-0.2, -0.15) is 5.10 Å². The molecular formula is C21H17N5. The van der Waals surface area contributed by atoms with Gasteiger partial charge < -0.3 is 4.90 Å². The number of hydrazone groups is 1. The molecule has 0 atom stereocenters. The molecule has 1 aliphatic heterocycles. The first-order valence-corrected chi connectivity index (χ1v) is 8.61. The number of fused-ring (bicyclic) bond motifs is 3. The number of benzene rings is 2. The topological polar surface area (TPSA) is 44.6 Å². The summed E-state index contributed by atoms with van der Waals surface area (Å²) in [6.07, 6.45) is 3.69. The molecule has 0 unspecified atom stereocenters. The zero-order chi connectivity index (χ0) is 17.3. The maximum Gasteiger partial charge on any atom is 0.151 e. The van der Waals surface area contributed by atoms with Gasteiger partial charge in [-0.3, -0.25) is 4.98 Å². The quantitative estimate of drug-likeness (QED) is 0.529. The highest BCUT2D eigenvalue weighted by Gasteiger charge is 2.17. The maximum atomic E-state index is 4.85. The van der Waals surface area contributed by atoms with E-state index in [4.69, 9.17) is 4.98 Å². The molecule has 2 aromatic heterocycles. The minimum absolute atomic E-state index is 0.686. The van der Waals surface area contributed by atoms with Crippen LogP contribution >= 0.6 is 0 Å². The number of nitrogens with zero attached hydrogens (tertiary/aromatic N) is 5. The Kier molecular flexibility index (Phi) is 3.49. The lowest BCUT2D eigenvalue weighted by atomic mass is 10.1. The molecular weight excluding hydrogens is 322 g/mol. The van der Waals surface area contributed by atoms with Crippen molar-refractivity contribution in [1.82, 2.24) is 14.9 Å². The molecule has 1 aliphatic rings. The summed E-state index contributed by atoms with van der Waals surface area (Å²) in [5, 5.41) is 8.63. The summed E-state index contributed by atoms with van der Waals surface area (Å²) in [6, 6.07) is 22.7. The molecule has 0 saturated carbocycles. The third-order valence-corrected chi connectivity index (χ3v) is 4.58. The van der Waals surface area contributed by atoms with E-state index in [9.17, 15) is 0 Å². The molecule has 0 saturated heterocycles. The van der Waals surface area contributed by atoms with Gasteiger partial charge in [0.05, 0.1) is 11.0 Å². The first kappa shape index (κ1) is 14.8. The Balaban J connectivity index is 1.44. The lowest BCUT2D eigenvalue weighted by Crippen LogP contribution is -2.26. The molecule has 3 heterocycles. The first-order chi connectivity index (χ1) is 12.9. The van der Waals surface area contributed by atoms with Gasteiger partial charge in [0.15, 0.2) is 5.82 Å². The molecule has 0 aliphatic carbocycles. The second-order valence-electron chi connectivity index (χ2n) is 6.39. The monoisotopic (exact) mass is 339 g/mol. The van der Waals surface area contributed by atoms with Crippen molar-refractivity contribution in [2.45, 2.75) is 6.54 Å². The average Bonchev–Trinajstić information content (AvgIpc) is 3.17. The van der Waals surface area contributed by atoms with Crippen molar-refractivity contribution in [3.63, 3.8) is 0 Å². The van der Waals surface area contributed by atoms with E-state index in [1.165, 1.54) is 5.56 Å². The average molecular weight is 339 g/mol. The van der Waals surface area contributed by atoms with Gasteiger partial charge in [0, 0.05) is 23.5 Å². The van der Waals surface area contributed by atoms with Crippen molar-refractivity contribution in [2.24, 2.45) is 5.10 Å². The Morgan fingerprint density at radius 1 is 0.808 bits per heavy atom. The summed E-state index contributed by atoms with van der Waals surface area (Å²) >= 11 is 0. The van der Waals surface area contributed by atoms with Gasteiger partial charge in [-0.15, -0.1) is 0 Å². The lowest BCUT2D eigenvalue weighted by molar-refractivity contribution is 0.450. The maximum absolute atomic E-state index is 4.85. The molecule has 5 nitrogen and oxygen atoms in total. The van der Waals surface area contributed by atoms with E-state index in [1.807, 2.05) is 35.7 Å². The van der Waals surface area contributed by atoms with Crippen molar-refractivity contribution in [3.05, 3.63) is 78.5 Å². The summed E-state index contributed by atoms with van der Waals surface area (Å²) < 4.78 is 0. The van der Waals surface area contributed by atoms with Crippen LogP contribution in [0.15, 0.2) is 78.0 Å². The van der Waals surface area contributed by atoms with Crippen molar-refractivity contribution < 1.29 is 0 Å². The molecule has 26 heavy (non-hydrogen) atoms. The van der Waals surface area contributed by atoms with E-state index in [0.717, 1.165) is 34.2 Å². The second-order valence-corrected chi connectivity index (χ2v) is 6.39. The largest absolute Gasteiger partial charge is 0.337 e. The highest BCUT2D eigenvalue weighted by atomic mass is 15.6. The molecule has 4 aromatic rings. The molecule has 0 spiro atoms. The van der Waals surface area contributed by atoms with Gasteiger partial charge in [-0.1, -0.05) is 48.5 Å². The molecule has 0 bridgehead atoms. The molecule has 5 rings (SSSR count). The van der Waals surface area contributed by atoms with Crippen molar-refractivity contribution >= 4 is 34.0 Å². The zero-order valence-corrected chi connectivity index (χ0v) is 14.2. The molecule has 0 N–H and O–H groups in total. The van der Waals surface area contributed by atoms with Gasteiger partial charge in [0.25, 0.3) is 0 Å². The predicted molar refractivity (Wildman–Crippen MR) is 105 cm³/mol. The van der Waals surface area contributed by atoms with E-state index >= 15 is 0 Å². The van der Waals surface area contributed by atoms with E-state index < -0.39 is 0 Å². The van der Waals surface area contributed by atoms with E-state index in [-0.39, 0.29) is 0 Å². The van der Waals surface area contributed by atoms with E-state index in [1.54, 1.807) is 0 Å². The summed E-state index contributed by atoms with van der Waals surface area (Å²) in [4.78, 5) is 11.5. The fourth-order valence-electron chi connectivity index (χ4n) is 3.28. The van der Waals surface area contributed by atoms with Gasteiger partial charge >= 0.3 is 0 Å². The second kappa shape index (κ2) is 6.11. The number of rotatable bonds is 3. The minimum atomic E-state index is 0.686. The summed E-state index contributed by atoms with van der Waals surface area (Å²) in [5.41, 5.74) is 3.11. The van der Waals surface area contributed by atoms with Crippen LogP contribution in [0, 0.1) is 0 Å². The minimum Gasteiger partial charge on any atom is -0.337 e. The van der Waals surface area contributed by atoms with Crippen molar-refractivity contribution in [1.29, 1.82) is 0 Å². The Morgan fingerprint density at radius 3 is 2.50 bits per heavy atom. The first-order valence-electron chi connectivity index (χ1n) is 8.61. The Labute approximate surface area is 151 Å². The fraction of sp³-hybridized carbons (Fsp3) is 0.0952. The number of pyridine rings is 2. The third kappa shape index (κ3) is 2.63. The fourth-order valence-corrected chi connectivity index (χ4v) is 3.28. The van der Waals surface area contributed by atoms with Gasteiger partial charge in [-0.05, 0) is 23.8 Å². The van der Waals surface area contributed by atoms with Crippen LogP contribution < -0.4 is 5.01 Å². The Hall–Kier alpha value is -3.47. The van der Waals surface area contributed by atoms with Crippen LogP contribution in [0.25, 0.3) is 21.8 Å². The zero-order valence-electron chi connectivity index (χ0n) is 14.2. The predicted octanol–water partition coefficient (Wildman–Crippen LogP) is 4.01. The molecule has 0 amide bonds. The van der Waals surface area contributed by atoms with Crippen LogP contribution in [0.2, 0.25) is 0 Å². The normalized spacial score (nSPS) is 13.8. The van der Waals surface area contributed by atoms with Crippen LogP contribution in [0.3, 0.4) is 0 Å². The highest BCUT2D eigenvalue weighted by Crippen LogP contribution is 2.25. The molecule has 0 fully saturated rings. The SMILES string of the molecule is C1=NN(c2ccc3ccc4cccnc4c3n2)CN1Cc1ccccc1. The Bertz CT molecular complexity index is 1110. The number of aromatic nitrogens is 2. The third-order valence-electron chi connectivity index (χ3n) is 4.58. The molecule has 0 radical (unpaired) electrons. The number of anilines is 1. The Morgan fingerprint density at radius 2 is 1.62 bits per heavy atom. The van der Waals surface area contributed by atoms with Crippen molar-refractivity contribution in [2.75, 3.05) is 11.7 Å². The van der Waals surface area contributed by atoms with Crippen molar-refractivity contribution in [3.8, 4) is 0 Å². The standard InChI is InChI=1S/C21H17N5/c1-2-5-16(6-3-1)13-25-14-23-26(15-25)19-11-10-18-9-8-17-7-4-12-22-20(17)21(18)24-19/h1-12,14H,13,15H2. The van der Waals surface area contributed by atoms with Crippen LogP contribution in [-0.2, 0) is 6.54 Å². The summed E-state index contributed by atoms with van der Waals surface area (Å²) in [7, 11) is 0. The number of hydrogen-bond acceptors (Lipinski definition) is 5. The van der Waals surface area contributed by atoms with Gasteiger partial charge in [0.2, 0.25) is 0 Å². The van der Waals surface area contributed by atoms with Crippen LogP contribution in [0.5, 0.6) is 0 Å². The van der Waals surface area contributed by atoms with Crippen LogP contribution in [0.1, 0.15) is 5.56 Å². The molecule has 2 aromatic carbocycles. The summed E-state index contributed by atoms with van der Waals surface area (Å²) in [5.74, 6) is 0.836. The van der Waals surface area contributed by atoms with E-state index in [0.29, 0.717) is 6.67 Å². The molecule has 126 valence electrons. The number of hydrogen-bond donors (Lipinski definition) is 0. The summed E-state index contributed by atoms with van der Waals surface area (Å²) in [6.45, 7) is 1.52.